The number of hydrogen-bond acceptors (Lipinski definition) is 4. The van der Waals surface area contributed by atoms with Crippen LogP contribution < -0.4 is 5.32 Å². The van der Waals surface area contributed by atoms with Crippen molar-refractivity contribution >= 4 is 16.9 Å². The van der Waals surface area contributed by atoms with Crippen LogP contribution in [0, 0.1) is 34.6 Å². The molecule has 6 nitrogen and oxygen atoms in total. The van der Waals surface area contributed by atoms with E-state index in [0.717, 1.165) is 57.8 Å². The fourth-order valence-electron chi connectivity index (χ4n) is 4.58. The molecule has 1 N–H and O–H groups in total. The van der Waals surface area contributed by atoms with Gasteiger partial charge in [0, 0.05) is 30.0 Å². The summed E-state index contributed by atoms with van der Waals surface area (Å²) in [5, 5.41) is 9.01. The molecule has 4 rings (SSSR count). The highest BCUT2D eigenvalue weighted by Crippen LogP contribution is 2.28. The third-order valence-electron chi connectivity index (χ3n) is 6.72. The molecule has 0 unspecified atom stereocenters. The van der Waals surface area contributed by atoms with Gasteiger partial charge in [0.05, 0.1) is 17.6 Å². The molecule has 1 aromatic carbocycles. The summed E-state index contributed by atoms with van der Waals surface area (Å²) >= 11 is 0. The van der Waals surface area contributed by atoms with E-state index in [1.165, 1.54) is 11.1 Å². The number of aromatic nitrogens is 3. The first-order chi connectivity index (χ1) is 16.2. The molecule has 1 amide bonds. The molecule has 6 heteroatoms. The van der Waals surface area contributed by atoms with Gasteiger partial charge in [0.25, 0.3) is 0 Å². The molecule has 0 radical (unpaired) electrons. The Hall–Kier alpha value is -3.41. The second-order valence-electron chi connectivity index (χ2n) is 9.35. The Bertz CT molecular complexity index is 1320. The number of carbonyl (C=O) groups excluding carboxylic acids is 1. The van der Waals surface area contributed by atoms with Gasteiger partial charge in [-0.3, -0.25) is 4.79 Å². The number of amides is 1. The zero-order chi connectivity index (χ0) is 24.4. The van der Waals surface area contributed by atoms with Crippen LogP contribution in [-0.2, 0) is 17.6 Å². The SMILES string of the molecule is Cc1ccc(-n2nc(C)c3c(C)c(CCC(=O)N[C@H](C)CCc4ccco4)c(C)nc32)cc1C. The molecule has 0 fully saturated rings. The highest BCUT2D eigenvalue weighted by Gasteiger charge is 2.19. The maximum Gasteiger partial charge on any atom is 0.220 e. The smallest absolute Gasteiger partial charge is 0.220 e. The fourth-order valence-corrected chi connectivity index (χ4v) is 4.58. The van der Waals surface area contributed by atoms with Crippen molar-refractivity contribution in [3.8, 4) is 5.69 Å². The Morgan fingerprint density at radius 2 is 1.85 bits per heavy atom. The van der Waals surface area contributed by atoms with Gasteiger partial charge in [-0.25, -0.2) is 9.67 Å². The molecule has 0 aliphatic rings. The van der Waals surface area contributed by atoms with Crippen molar-refractivity contribution < 1.29 is 9.21 Å². The maximum atomic E-state index is 12.6. The number of carbonyl (C=O) groups is 1. The quantitative estimate of drug-likeness (QED) is 0.372. The molecule has 0 spiro atoms. The van der Waals surface area contributed by atoms with Crippen LogP contribution in [0.25, 0.3) is 16.7 Å². The molecule has 3 aromatic heterocycles. The summed E-state index contributed by atoms with van der Waals surface area (Å²) in [6.07, 6.45) is 4.44. The normalized spacial score (nSPS) is 12.3. The molecule has 4 aromatic rings. The summed E-state index contributed by atoms with van der Waals surface area (Å²) in [6, 6.07) is 10.3. The zero-order valence-corrected chi connectivity index (χ0v) is 21.0. The van der Waals surface area contributed by atoms with Gasteiger partial charge in [-0.1, -0.05) is 6.07 Å². The van der Waals surface area contributed by atoms with Crippen LogP contribution in [0.4, 0.5) is 0 Å². The number of rotatable bonds is 8. The third-order valence-corrected chi connectivity index (χ3v) is 6.72. The van der Waals surface area contributed by atoms with Crippen LogP contribution in [0.15, 0.2) is 41.0 Å². The largest absolute Gasteiger partial charge is 0.469 e. The summed E-state index contributed by atoms with van der Waals surface area (Å²) in [5.74, 6) is 1.01. The molecular weight excluding hydrogens is 424 g/mol. The van der Waals surface area contributed by atoms with E-state index in [4.69, 9.17) is 14.5 Å². The van der Waals surface area contributed by atoms with Crippen molar-refractivity contribution in [3.05, 3.63) is 76.0 Å². The summed E-state index contributed by atoms with van der Waals surface area (Å²) in [4.78, 5) is 17.6. The number of nitrogens with zero attached hydrogens (tertiary/aromatic N) is 3. The number of pyridine rings is 1. The predicted octanol–water partition coefficient (Wildman–Crippen LogP) is 5.63. The highest BCUT2D eigenvalue weighted by atomic mass is 16.3. The van der Waals surface area contributed by atoms with E-state index in [1.54, 1.807) is 6.26 Å². The summed E-state index contributed by atoms with van der Waals surface area (Å²) in [6.45, 7) is 12.4. The van der Waals surface area contributed by atoms with Gasteiger partial charge >= 0.3 is 0 Å². The Morgan fingerprint density at radius 1 is 1.06 bits per heavy atom. The van der Waals surface area contributed by atoms with E-state index in [9.17, 15) is 4.79 Å². The second kappa shape index (κ2) is 9.84. The monoisotopic (exact) mass is 458 g/mol. The van der Waals surface area contributed by atoms with Crippen LogP contribution in [0.2, 0.25) is 0 Å². The molecule has 0 aliphatic carbocycles. The van der Waals surface area contributed by atoms with Crippen molar-refractivity contribution in [3.63, 3.8) is 0 Å². The van der Waals surface area contributed by atoms with Crippen LogP contribution in [0.5, 0.6) is 0 Å². The van der Waals surface area contributed by atoms with Gasteiger partial charge in [-0.2, -0.15) is 5.10 Å². The minimum atomic E-state index is 0.0633. The molecule has 178 valence electrons. The number of benzene rings is 1. The lowest BCUT2D eigenvalue weighted by molar-refractivity contribution is -0.121. The Kier molecular flexibility index (Phi) is 6.87. The Labute approximate surface area is 201 Å². The topological polar surface area (TPSA) is 73.0 Å². The average molecular weight is 459 g/mol. The van der Waals surface area contributed by atoms with Crippen molar-refractivity contribution in [1.29, 1.82) is 0 Å². The molecule has 0 saturated heterocycles. The van der Waals surface area contributed by atoms with E-state index in [1.807, 2.05) is 37.6 Å². The van der Waals surface area contributed by atoms with E-state index in [2.05, 4.69) is 44.3 Å². The first-order valence-electron chi connectivity index (χ1n) is 12.0. The van der Waals surface area contributed by atoms with E-state index in [-0.39, 0.29) is 11.9 Å². The maximum absolute atomic E-state index is 12.6. The van der Waals surface area contributed by atoms with E-state index in [0.29, 0.717) is 12.8 Å². The first kappa shape index (κ1) is 23.7. The standard InChI is InChI=1S/C28H34N4O2/c1-17-9-11-23(16-18(17)2)32-28-27(22(6)31-32)20(4)25(21(5)30-28)13-14-26(33)29-19(3)10-12-24-8-7-15-34-24/h7-9,11,15-16,19H,10,12-14H2,1-6H3,(H,29,33)/t19-/m1/s1. The van der Waals surface area contributed by atoms with Gasteiger partial charge in [-0.15, -0.1) is 0 Å². The highest BCUT2D eigenvalue weighted by molar-refractivity contribution is 5.85. The second-order valence-corrected chi connectivity index (χ2v) is 9.35. The van der Waals surface area contributed by atoms with Crippen LogP contribution >= 0.6 is 0 Å². The molecule has 0 bridgehead atoms. The van der Waals surface area contributed by atoms with Gasteiger partial charge < -0.3 is 9.73 Å². The number of hydrogen-bond donors (Lipinski definition) is 1. The summed E-state index contributed by atoms with van der Waals surface area (Å²) < 4.78 is 7.32. The minimum Gasteiger partial charge on any atom is -0.469 e. The van der Waals surface area contributed by atoms with E-state index < -0.39 is 0 Å². The van der Waals surface area contributed by atoms with Crippen molar-refractivity contribution in [2.24, 2.45) is 0 Å². The predicted molar refractivity (Wildman–Crippen MR) is 136 cm³/mol. The van der Waals surface area contributed by atoms with Gasteiger partial charge in [0.15, 0.2) is 5.65 Å². The fraction of sp³-hybridized carbons (Fsp3) is 0.393. The number of furan rings is 1. The molecule has 0 saturated carbocycles. The Morgan fingerprint density at radius 3 is 2.56 bits per heavy atom. The lowest BCUT2D eigenvalue weighted by atomic mass is 9.99. The Balaban J connectivity index is 1.49. The number of nitrogens with one attached hydrogen (secondary N) is 1. The van der Waals surface area contributed by atoms with Gasteiger partial charge in [0.1, 0.15) is 5.76 Å². The lowest BCUT2D eigenvalue weighted by Gasteiger charge is -2.15. The van der Waals surface area contributed by atoms with Crippen LogP contribution in [0.3, 0.4) is 0 Å². The van der Waals surface area contributed by atoms with Crippen molar-refractivity contribution in [2.75, 3.05) is 0 Å². The molecular formula is C28H34N4O2. The number of aryl methyl sites for hydroxylation is 6. The molecule has 1 atom stereocenters. The summed E-state index contributed by atoms with van der Waals surface area (Å²) in [7, 11) is 0. The number of fused-ring (bicyclic) bond motifs is 1. The summed E-state index contributed by atoms with van der Waals surface area (Å²) in [5.41, 5.74) is 8.58. The minimum absolute atomic E-state index is 0.0633. The lowest BCUT2D eigenvalue weighted by Crippen LogP contribution is -2.33. The third kappa shape index (κ3) is 4.91. The van der Waals surface area contributed by atoms with Crippen LogP contribution in [-0.4, -0.2) is 26.7 Å². The van der Waals surface area contributed by atoms with Gasteiger partial charge in [0.2, 0.25) is 5.91 Å². The van der Waals surface area contributed by atoms with Crippen molar-refractivity contribution in [2.45, 2.75) is 73.3 Å². The van der Waals surface area contributed by atoms with Crippen LogP contribution in [0.1, 0.15) is 59.2 Å². The molecule has 34 heavy (non-hydrogen) atoms. The average Bonchev–Trinajstić information content (AvgIpc) is 3.42. The van der Waals surface area contributed by atoms with Crippen molar-refractivity contribution in [1.82, 2.24) is 20.1 Å². The molecule has 0 aliphatic heterocycles. The van der Waals surface area contributed by atoms with E-state index >= 15 is 0 Å². The first-order valence-corrected chi connectivity index (χ1v) is 12.0. The zero-order valence-electron chi connectivity index (χ0n) is 21.0. The van der Waals surface area contributed by atoms with Gasteiger partial charge in [-0.05, 0) is 101 Å². The molecule has 3 heterocycles.